The van der Waals surface area contributed by atoms with E-state index in [0.717, 1.165) is 30.2 Å². The smallest absolute Gasteiger partial charge is 0.332 e. The van der Waals surface area contributed by atoms with Gasteiger partial charge >= 0.3 is 5.97 Å². The SMILES string of the molecule is CCCSc1nc(N[C@@H]2C[C@@H]2c2ccc(F)c(F)c2)c2nnn([C@@H]3C[C@H](OCC(=O)OCC)[C@H]4OC(C)(C)O[C@H]43)c2n1. The van der Waals surface area contributed by atoms with Crippen LogP contribution in [-0.2, 0) is 23.7 Å². The molecule has 3 aliphatic rings. The van der Waals surface area contributed by atoms with Crippen molar-refractivity contribution in [2.75, 3.05) is 24.3 Å². The van der Waals surface area contributed by atoms with Crippen LogP contribution in [0, 0.1) is 11.6 Å². The second kappa shape index (κ2) is 11.6. The summed E-state index contributed by atoms with van der Waals surface area (Å²) in [4.78, 5) is 21.6. The molecule has 2 saturated carbocycles. The fourth-order valence-electron chi connectivity index (χ4n) is 5.72. The summed E-state index contributed by atoms with van der Waals surface area (Å²) in [7, 11) is 0. The maximum Gasteiger partial charge on any atom is 0.332 e. The van der Waals surface area contributed by atoms with Gasteiger partial charge in [0.1, 0.15) is 18.8 Å². The van der Waals surface area contributed by atoms with Gasteiger partial charge in [-0.2, -0.15) is 0 Å². The number of ether oxygens (including phenoxy) is 4. The van der Waals surface area contributed by atoms with Crippen LogP contribution in [0.4, 0.5) is 14.6 Å². The minimum atomic E-state index is -0.863. The fourth-order valence-corrected chi connectivity index (χ4v) is 6.42. The van der Waals surface area contributed by atoms with Gasteiger partial charge in [-0.05, 0) is 51.3 Å². The Morgan fingerprint density at radius 2 is 1.98 bits per heavy atom. The lowest BCUT2D eigenvalue weighted by molar-refractivity contribution is -0.174. The molecule has 6 atom stereocenters. The molecule has 3 heterocycles. The number of hydrogen-bond acceptors (Lipinski definition) is 11. The molecule has 1 N–H and O–H groups in total. The zero-order chi connectivity index (χ0) is 29.6. The van der Waals surface area contributed by atoms with E-state index in [9.17, 15) is 13.6 Å². The summed E-state index contributed by atoms with van der Waals surface area (Å²) in [5.41, 5.74) is 1.77. The number of esters is 1. The van der Waals surface area contributed by atoms with Crippen molar-refractivity contribution in [1.82, 2.24) is 25.0 Å². The first kappa shape index (κ1) is 29.1. The number of nitrogens with one attached hydrogen (secondary N) is 1. The monoisotopic (exact) mass is 604 g/mol. The maximum atomic E-state index is 13.9. The number of carbonyl (C=O) groups excluding carboxylic acids is 1. The van der Waals surface area contributed by atoms with E-state index in [1.54, 1.807) is 17.7 Å². The highest BCUT2D eigenvalue weighted by molar-refractivity contribution is 7.99. The van der Waals surface area contributed by atoms with E-state index in [-0.39, 0.29) is 31.2 Å². The lowest BCUT2D eigenvalue weighted by Gasteiger charge is -2.23. The predicted molar refractivity (Wildman–Crippen MR) is 149 cm³/mol. The average molecular weight is 605 g/mol. The third-order valence-electron chi connectivity index (χ3n) is 7.64. The summed E-state index contributed by atoms with van der Waals surface area (Å²) in [6.45, 7) is 7.60. The molecule has 42 heavy (non-hydrogen) atoms. The molecule has 1 aliphatic heterocycles. The number of aromatic nitrogens is 5. The number of halogens is 2. The van der Waals surface area contributed by atoms with Crippen molar-refractivity contribution in [3.05, 3.63) is 35.4 Å². The van der Waals surface area contributed by atoms with Crippen LogP contribution < -0.4 is 5.32 Å². The molecular weight excluding hydrogens is 570 g/mol. The number of nitrogens with zero attached hydrogens (tertiary/aromatic N) is 5. The second-order valence-electron chi connectivity index (χ2n) is 11.2. The Hall–Kier alpha value is -2.94. The average Bonchev–Trinajstić information content (AvgIpc) is 3.28. The van der Waals surface area contributed by atoms with Gasteiger partial charge in [-0.15, -0.1) is 5.10 Å². The molecule has 14 heteroatoms. The summed E-state index contributed by atoms with van der Waals surface area (Å²) < 4.78 is 52.5. The Bertz CT molecular complexity index is 1470. The van der Waals surface area contributed by atoms with Crippen molar-refractivity contribution in [2.45, 2.75) is 94.2 Å². The van der Waals surface area contributed by atoms with Gasteiger partial charge in [-0.3, -0.25) is 0 Å². The first-order chi connectivity index (χ1) is 20.2. The number of anilines is 1. The topological polar surface area (TPSA) is 123 Å². The molecule has 1 saturated heterocycles. The zero-order valence-corrected chi connectivity index (χ0v) is 24.7. The highest BCUT2D eigenvalue weighted by atomic mass is 32.2. The van der Waals surface area contributed by atoms with Gasteiger partial charge in [-0.1, -0.05) is 30.0 Å². The van der Waals surface area contributed by atoms with Crippen LogP contribution in [0.15, 0.2) is 23.4 Å². The van der Waals surface area contributed by atoms with E-state index in [2.05, 4.69) is 22.6 Å². The van der Waals surface area contributed by atoms with Crippen molar-refractivity contribution in [2.24, 2.45) is 0 Å². The van der Waals surface area contributed by atoms with Crippen molar-refractivity contribution < 1.29 is 32.5 Å². The van der Waals surface area contributed by atoms with E-state index in [4.69, 9.17) is 28.9 Å². The highest BCUT2D eigenvalue weighted by Gasteiger charge is 2.56. The van der Waals surface area contributed by atoms with Crippen LogP contribution >= 0.6 is 11.8 Å². The Balaban J connectivity index is 1.28. The summed E-state index contributed by atoms with van der Waals surface area (Å²) in [6.07, 6.45) is 0.899. The lowest BCUT2D eigenvalue weighted by Crippen LogP contribution is -2.32. The van der Waals surface area contributed by atoms with Crippen molar-refractivity contribution in [1.29, 1.82) is 0 Å². The third kappa shape index (κ3) is 5.81. The van der Waals surface area contributed by atoms with Crippen LogP contribution in [0.2, 0.25) is 0 Å². The Morgan fingerprint density at radius 3 is 2.74 bits per heavy atom. The minimum Gasteiger partial charge on any atom is -0.464 e. The van der Waals surface area contributed by atoms with Gasteiger partial charge in [0.2, 0.25) is 0 Å². The molecule has 0 bridgehead atoms. The maximum absolute atomic E-state index is 13.9. The quantitative estimate of drug-likeness (QED) is 0.191. The molecular formula is C28H34F2N6O5S. The molecule has 0 radical (unpaired) electrons. The number of thioether (sulfide) groups is 1. The van der Waals surface area contributed by atoms with Crippen LogP contribution in [-0.4, -0.2) is 80.0 Å². The number of rotatable bonds is 11. The Labute approximate surface area is 246 Å². The van der Waals surface area contributed by atoms with Crippen LogP contribution in [0.1, 0.15) is 64.5 Å². The largest absolute Gasteiger partial charge is 0.464 e. The molecule has 3 aromatic rings. The second-order valence-corrected chi connectivity index (χ2v) is 12.3. The first-order valence-electron chi connectivity index (χ1n) is 14.3. The summed E-state index contributed by atoms with van der Waals surface area (Å²) in [5, 5.41) is 13.0. The van der Waals surface area contributed by atoms with Crippen molar-refractivity contribution in [3.8, 4) is 0 Å². The van der Waals surface area contributed by atoms with Gasteiger partial charge in [0.05, 0.1) is 18.8 Å². The van der Waals surface area contributed by atoms with E-state index in [1.165, 1.54) is 17.8 Å². The van der Waals surface area contributed by atoms with E-state index in [1.807, 2.05) is 13.8 Å². The van der Waals surface area contributed by atoms with Gasteiger partial charge in [-0.25, -0.2) is 28.2 Å². The van der Waals surface area contributed by atoms with Crippen LogP contribution in [0.3, 0.4) is 0 Å². The number of fused-ring (bicyclic) bond motifs is 2. The van der Waals surface area contributed by atoms with E-state index in [0.29, 0.717) is 28.6 Å². The lowest BCUT2D eigenvalue weighted by atomic mass is 10.1. The molecule has 11 nitrogen and oxygen atoms in total. The highest BCUT2D eigenvalue weighted by Crippen LogP contribution is 2.47. The van der Waals surface area contributed by atoms with E-state index < -0.39 is 41.7 Å². The molecule has 0 unspecified atom stereocenters. The fraction of sp³-hybridized carbons (Fsp3) is 0.607. The standard InChI is InChI=1S/C28H34F2N6O5S/c1-5-9-42-27-32-25(31-18-11-15(18)14-7-8-16(29)17(30)10-14)22-26(33-27)36(35-34-22)19-12-20(39-13-21(37)38-6-2)24-23(19)40-28(3,4)41-24/h7-8,10,15,18-20,23-24H,5-6,9,11-13H2,1-4H3,(H,31,32,33)/t15-,18-,19-,20+,23+,24-/m1/s1. The molecule has 0 amide bonds. The van der Waals surface area contributed by atoms with Crippen LogP contribution in [0.25, 0.3) is 11.2 Å². The molecule has 1 aromatic carbocycles. The van der Waals surface area contributed by atoms with E-state index >= 15 is 0 Å². The number of carbonyl (C=O) groups is 1. The number of benzene rings is 1. The molecule has 0 spiro atoms. The molecule has 6 rings (SSSR count). The minimum absolute atomic E-state index is 0.0195. The normalized spacial score (nSPS) is 27.8. The third-order valence-corrected chi connectivity index (χ3v) is 8.69. The summed E-state index contributed by atoms with van der Waals surface area (Å²) >= 11 is 1.53. The zero-order valence-electron chi connectivity index (χ0n) is 23.9. The molecule has 3 fully saturated rings. The van der Waals surface area contributed by atoms with Crippen LogP contribution in [0.5, 0.6) is 0 Å². The Kier molecular flexibility index (Phi) is 8.07. The predicted octanol–water partition coefficient (Wildman–Crippen LogP) is 4.38. The van der Waals surface area contributed by atoms with Gasteiger partial charge in [0, 0.05) is 24.1 Å². The number of hydrogen-bond donors (Lipinski definition) is 1. The van der Waals surface area contributed by atoms with Crippen molar-refractivity contribution >= 4 is 34.7 Å². The van der Waals surface area contributed by atoms with Gasteiger partial charge in [0.25, 0.3) is 0 Å². The molecule has 2 aliphatic carbocycles. The summed E-state index contributed by atoms with van der Waals surface area (Å²) in [5.74, 6) is -1.62. The van der Waals surface area contributed by atoms with Gasteiger partial charge < -0.3 is 24.3 Å². The molecule has 2 aromatic heterocycles. The Morgan fingerprint density at radius 1 is 1.17 bits per heavy atom. The molecule has 226 valence electrons. The van der Waals surface area contributed by atoms with Gasteiger partial charge in [0.15, 0.2) is 39.6 Å². The van der Waals surface area contributed by atoms with Crippen molar-refractivity contribution in [3.63, 3.8) is 0 Å². The summed E-state index contributed by atoms with van der Waals surface area (Å²) in [6, 6.07) is 3.67. The first-order valence-corrected chi connectivity index (χ1v) is 15.3.